The lowest BCUT2D eigenvalue weighted by molar-refractivity contribution is -0.0867. The minimum atomic E-state index is -1.53. The molecule has 1 aliphatic heterocycles. The smallest absolute Gasteiger partial charge is 0.192 e. The fourth-order valence-electron chi connectivity index (χ4n) is 2.62. The summed E-state index contributed by atoms with van der Waals surface area (Å²) in [5, 5.41) is 3.82. The van der Waals surface area contributed by atoms with Crippen molar-refractivity contribution in [2.24, 2.45) is 5.41 Å². The van der Waals surface area contributed by atoms with E-state index >= 15 is 0 Å². The molecule has 3 heteroatoms. The van der Waals surface area contributed by atoms with Crippen molar-refractivity contribution < 1.29 is 4.43 Å². The first-order valence-electron chi connectivity index (χ1n) is 6.58. The average molecular weight is 241 g/mol. The van der Waals surface area contributed by atoms with Crippen LogP contribution >= 0.6 is 0 Å². The zero-order valence-electron chi connectivity index (χ0n) is 11.7. The maximum absolute atomic E-state index is 6.43. The zero-order valence-corrected chi connectivity index (χ0v) is 12.7. The molecule has 1 N–H and O–H groups in total. The number of hydrogen-bond donors (Lipinski definition) is 1. The number of hydrogen-bond acceptors (Lipinski definition) is 2. The van der Waals surface area contributed by atoms with Crippen LogP contribution in [0.2, 0.25) is 18.1 Å². The summed E-state index contributed by atoms with van der Waals surface area (Å²) in [5.41, 5.74) is 0.604. The molecule has 1 spiro atoms. The van der Waals surface area contributed by atoms with Gasteiger partial charge in [-0.25, -0.2) is 0 Å². The Balaban J connectivity index is 1.86. The summed E-state index contributed by atoms with van der Waals surface area (Å²) in [6, 6.07) is 0.715. The van der Waals surface area contributed by atoms with Gasteiger partial charge in [-0.15, -0.1) is 0 Å². The standard InChI is InChI=1S/C13H27NOSi/c1-10-13(9-14-10)7-11(8-13)15-16(5,6)12(2,3)4/h10-11,14H,7-9H2,1-6H3. The Bertz CT molecular complexity index is 276. The van der Waals surface area contributed by atoms with E-state index in [1.807, 2.05) is 0 Å². The van der Waals surface area contributed by atoms with Gasteiger partial charge >= 0.3 is 0 Å². The van der Waals surface area contributed by atoms with Gasteiger partial charge in [0.2, 0.25) is 0 Å². The SMILES string of the molecule is CC1NCC12CC(O[Si](C)(C)C(C)(C)C)C2. The van der Waals surface area contributed by atoms with Gasteiger partial charge < -0.3 is 9.74 Å². The molecular weight excluding hydrogens is 214 g/mol. The van der Waals surface area contributed by atoms with Crippen molar-refractivity contribution >= 4 is 8.32 Å². The monoisotopic (exact) mass is 241 g/mol. The van der Waals surface area contributed by atoms with E-state index in [9.17, 15) is 0 Å². The largest absolute Gasteiger partial charge is 0.414 e. The summed E-state index contributed by atoms with van der Waals surface area (Å²) in [6.07, 6.45) is 3.12. The Hall–Kier alpha value is 0.137. The van der Waals surface area contributed by atoms with E-state index in [2.05, 4.69) is 46.1 Å². The highest BCUT2D eigenvalue weighted by Crippen LogP contribution is 2.51. The van der Waals surface area contributed by atoms with Gasteiger partial charge in [0.25, 0.3) is 0 Å². The first kappa shape index (κ1) is 12.6. The van der Waals surface area contributed by atoms with Gasteiger partial charge in [0.15, 0.2) is 8.32 Å². The fourth-order valence-corrected chi connectivity index (χ4v) is 3.97. The van der Waals surface area contributed by atoms with Crippen LogP contribution in [0, 0.1) is 5.41 Å². The molecule has 1 saturated heterocycles. The molecule has 1 heterocycles. The first-order valence-corrected chi connectivity index (χ1v) is 9.48. The van der Waals surface area contributed by atoms with E-state index in [1.165, 1.54) is 19.4 Å². The Morgan fingerprint density at radius 2 is 1.81 bits per heavy atom. The van der Waals surface area contributed by atoms with Crippen molar-refractivity contribution in [1.29, 1.82) is 0 Å². The maximum atomic E-state index is 6.43. The lowest BCUT2D eigenvalue weighted by Crippen LogP contribution is -2.69. The molecule has 0 aromatic rings. The lowest BCUT2D eigenvalue weighted by Gasteiger charge is -2.60. The van der Waals surface area contributed by atoms with Gasteiger partial charge in [0, 0.05) is 24.1 Å². The third kappa shape index (κ3) is 1.87. The fraction of sp³-hybridized carbons (Fsp3) is 1.00. The van der Waals surface area contributed by atoms with Crippen LogP contribution < -0.4 is 5.32 Å². The predicted octanol–water partition coefficient (Wildman–Crippen LogP) is 3.15. The predicted molar refractivity (Wildman–Crippen MR) is 71.2 cm³/mol. The Labute approximate surface area is 101 Å². The second-order valence-corrected chi connectivity index (χ2v) is 12.1. The topological polar surface area (TPSA) is 21.3 Å². The molecule has 2 fully saturated rings. The van der Waals surface area contributed by atoms with E-state index in [0.29, 0.717) is 22.6 Å². The summed E-state index contributed by atoms with van der Waals surface area (Å²) in [7, 11) is -1.53. The van der Waals surface area contributed by atoms with Crippen molar-refractivity contribution in [2.75, 3.05) is 6.54 Å². The highest BCUT2D eigenvalue weighted by Gasteiger charge is 2.55. The van der Waals surface area contributed by atoms with Crippen molar-refractivity contribution in [3.8, 4) is 0 Å². The highest BCUT2D eigenvalue weighted by atomic mass is 28.4. The molecule has 2 nitrogen and oxygen atoms in total. The van der Waals surface area contributed by atoms with Crippen LogP contribution in [0.15, 0.2) is 0 Å². The molecule has 16 heavy (non-hydrogen) atoms. The first-order chi connectivity index (χ1) is 7.16. The van der Waals surface area contributed by atoms with Crippen LogP contribution in [0.25, 0.3) is 0 Å². The molecule has 1 unspecified atom stereocenters. The molecular formula is C13H27NOSi. The quantitative estimate of drug-likeness (QED) is 0.750. The molecule has 0 bridgehead atoms. The van der Waals surface area contributed by atoms with Crippen molar-refractivity contribution in [3.63, 3.8) is 0 Å². The Morgan fingerprint density at radius 1 is 1.25 bits per heavy atom. The van der Waals surface area contributed by atoms with Crippen LogP contribution in [-0.4, -0.2) is 27.0 Å². The zero-order chi connectivity index (χ0) is 12.2. The lowest BCUT2D eigenvalue weighted by atomic mass is 9.58. The maximum Gasteiger partial charge on any atom is 0.192 e. The van der Waals surface area contributed by atoms with Gasteiger partial charge in [0.05, 0.1) is 0 Å². The average Bonchev–Trinajstić information content (AvgIpc) is 2.05. The molecule has 94 valence electrons. The van der Waals surface area contributed by atoms with E-state index in [0.717, 1.165) is 0 Å². The second-order valence-electron chi connectivity index (χ2n) is 7.37. The summed E-state index contributed by atoms with van der Waals surface area (Å²) in [6.45, 7) is 15.2. The molecule has 0 aromatic carbocycles. The Kier molecular flexibility index (Phi) is 2.80. The molecule has 1 aliphatic carbocycles. The second kappa shape index (κ2) is 3.56. The van der Waals surface area contributed by atoms with Crippen LogP contribution in [-0.2, 0) is 4.43 Å². The van der Waals surface area contributed by atoms with Gasteiger partial charge in [-0.2, -0.15) is 0 Å². The summed E-state index contributed by atoms with van der Waals surface area (Å²) < 4.78 is 6.43. The minimum Gasteiger partial charge on any atom is -0.414 e. The molecule has 0 amide bonds. The summed E-state index contributed by atoms with van der Waals surface area (Å²) >= 11 is 0. The highest BCUT2D eigenvalue weighted by molar-refractivity contribution is 6.74. The molecule has 2 rings (SSSR count). The van der Waals surface area contributed by atoms with Crippen molar-refractivity contribution in [1.82, 2.24) is 5.32 Å². The number of nitrogens with one attached hydrogen (secondary N) is 1. The van der Waals surface area contributed by atoms with Crippen LogP contribution in [0.4, 0.5) is 0 Å². The Morgan fingerprint density at radius 3 is 2.12 bits per heavy atom. The van der Waals surface area contributed by atoms with Crippen molar-refractivity contribution in [2.45, 2.75) is 70.8 Å². The van der Waals surface area contributed by atoms with Gasteiger partial charge in [-0.3, -0.25) is 0 Å². The van der Waals surface area contributed by atoms with E-state index in [-0.39, 0.29) is 0 Å². The molecule has 0 radical (unpaired) electrons. The van der Waals surface area contributed by atoms with Gasteiger partial charge in [-0.1, -0.05) is 20.8 Å². The third-order valence-electron chi connectivity index (χ3n) is 5.21. The van der Waals surface area contributed by atoms with E-state index in [1.54, 1.807) is 0 Å². The van der Waals surface area contributed by atoms with Crippen LogP contribution in [0.3, 0.4) is 0 Å². The number of rotatable bonds is 2. The summed E-state index contributed by atoms with van der Waals surface area (Å²) in [4.78, 5) is 0. The normalized spacial score (nSPS) is 39.4. The van der Waals surface area contributed by atoms with Crippen LogP contribution in [0.5, 0.6) is 0 Å². The van der Waals surface area contributed by atoms with Gasteiger partial charge in [-0.05, 0) is 37.9 Å². The van der Waals surface area contributed by atoms with E-state index < -0.39 is 8.32 Å². The summed E-state index contributed by atoms with van der Waals surface area (Å²) in [5.74, 6) is 0. The molecule has 0 aromatic heterocycles. The molecule has 1 saturated carbocycles. The van der Waals surface area contributed by atoms with E-state index in [4.69, 9.17) is 4.43 Å². The van der Waals surface area contributed by atoms with Gasteiger partial charge in [0.1, 0.15) is 0 Å². The molecule has 1 atom stereocenters. The molecule has 2 aliphatic rings. The third-order valence-corrected chi connectivity index (χ3v) is 9.75. The van der Waals surface area contributed by atoms with Crippen LogP contribution in [0.1, 0.15) is 40.5 Å². The minimum absolute atomic E-state index is 0.346. The van der Waals surface area contributed by atoms with Crippen molar-refractivity contribution in [3.05, 3.63) is 0 Å².